The average molecular weight is 206 g/mol. The predicted octanol–water partition coefficient (Wildman–Crippen LogP) is 1.60. The van der Waals surface area contributed by atoms with Crippen molar-refractivity contribution in [2.45, 2.75) is 19.4 Å². The van der Waals surface area contributed by atoms with Crippen molar-refractivity contribution in [1.82, 2.24) is 10.3 Å². The Morgan fingerprint density at radius 2 is 2.20 bits per heavy atom. The van der Waals surface area contributed by atoms with Crippen LogP contribution in [0.4, 0.5) is 0 Å². The molecule has 1 aliphatic rings. The first-order chi connectivity index (χ1) is 7.45. The quantitative estimate of drug-likeness (QED) is 0.812. The van der Waals surface area contributed by atoms with Crippen LogP contribution in [0, 0.1) is 5.92 Å². The second-order valence-electron chi connectivity index (χ2n) is 4.01. The lowest BCUT2D eigenvalue weighted by Gasteiger charge is -2.22. The maximum atomic E-state index is 5.32. The summed E-state index contributed by atoms with van der Waals surface area (Å²) in [6.45, 7) is 3.81. The van der Waals surface area contributed by atoms with Crippen LogP contribution in [0.5, 0.6) is 0 Å². The zero-order chi connectivity index (χ0) is 10.3. The van der Waals surface area contributed by atoms with Crippen LogP contribution in [0.1, 0.15) is 18.5 Å². The van der Waals surface area contributed by atoms with Gasteiger partial charge in [0.25, 0.3) is 0 Å². The number of hydrogen-bond acceptors (Lipinski definition) is 3. The van der Waals surface area contributed by atoms with Gasteiger partial charge in [-0.3, -0.25) is 4.98 Å². The summed E-state index contributed by atoms with van der Waals surface area (Å²) in [5.41, 5.74) is 1.12. The van der Waals surface area contributed by atoms with E-state index in [0.717, 1.165) is 37.9 Å². The summed E-state index contributed by atoms with van der Waals surface area (Å²) in [5.74, 6) is 0.780. The lowest BCUT2D eigenvalue weighted by atomic mass is 10.0. The monoisotopic (exact) mass is 206 g/mol. The smallest absolute Gasteiger partial charge is 0.0541 e. The van der Waals surface area contributed by atoms with Gasteiger partial charge >= 0.3 is 0 Å². The first-order valence-corrected chi connectivity index (χ1v) is 5.63. The van der Waals surface area contributed by atoms with Gasteiger partial charge in [-0.15, -0.1) is 0 Å². The highest BCUT2D eigenvalue weighted by Gasteiger charge is 2.12. The summed E-state index contributed by atoms with van der Waals surface area (Å²) in [7, 11) is 0. The number of pyridine rings is 1. The van der Waals surface area contributed by atoms with Gasteiger partial charge in [0, 0.05) is 26.0 Å². The van der Waals surface area contributed by atoms with Crippen molar-refractivity contribution in [2.24, 2.45) is 5.92 Å². The van der Waals surface area contributed by atoms with E-state index in [0.29, 0.717) is 0 Å². The average Bonchev–Trinajstić information content (AvgIpc) is 2.32. The van der Waals surface area contributed by atoms with E-state index < -0.39 is 0 Å². The summed E-state index contributed by atoms with van der Waals surface area (Å²) in [5, 5.41) is 3.45. The van der Waals surface area contributed by atoms with Gasteiger partial charge < -0.3 is 10.1 Å². The zero-order valence-corrected chi connectivity index (χ0v) is 8.98. The highest BCUT2D eigenvalue weighted by molar-refractivity contribution is 5.02. The highest BCUT2D eigenvalue weighted by atomic mass is 16.5. The molecule has 1 aromatic heterocycles. The minimum absolute atomic E-state index is 0.780. The van der Waals surface area contributed by atoms with Crippen LogP contribution in [-0.2, 0) is 11.3 Å². The molecule has 2 heterocycles. The van der Waals surface area contributed by atoms with Crippen molar-refractivity contribution in [3.8, 4) is 0 Å². The number of rotatable bonds is 4. The number of hydrogen-bond donors (Lipinski definition) is 1. The summed E-state index contributed by atoms with van der Waals surface area (Å²) in [6, 6.07) is 6.03. The van der Waals surface area contributed by atoms with E-state index in [-0.39, 0.29) is 0 Å². The SMILES string of the molecule is c1ccc(CNCC2CCOCC2)nc1. The van der Waals surface area contributed by atoms with Crippen molar-refractivity contribution in [2.75, 3.05) is 19.8 Å². The number of aromatic nitrogens is 1. The second kappa shape index (κ2) is 5.83. The van der Waals surface area contributed by atoms with E-state index in [1.165, 1.54) is 12.8 Å². The summed E-state index contributed by atoms with van der Waals surface area (Å²) >= 11 is 0. The van der Waals surface area contributed by atoms with E-state index >= 15 is 0 Å². The van der Waals surface area contributed by atoms with Crippen molar-refractivity contribution in [3.05, 3.63) is 30.1 Å². The molecule has 15 heavy (non-hydrogen) atoms. The Kier molecular flexibility index (Phi) is 4.11. The summed E-state index contributed by atoms with van der Waals surface area (Å²) in [4.78, 5) is 4.27. The molecule has 1 fully saturated rings. The van der Waals surface area contributed by atoms with E-state index in [9.17, 15) is 0 Å². The van der Waals surface area contributed by atoms with E-state index in [4.69, 9.17) is 4.74 Å². The van der Waals surface area contributed by atoms with Crippen molar-refractivity contribution >= 4 is 0 Å². The lowest BCUT2D eigenvalue weighted by molar-refractivity contribution is 0.0662. The second-order valence-corrected chi connectivity index (χ2v) is 4.01. The molecule has 0 aliphatic carbocycles. The van der Waals surface area contributed by atoms with Gasteiger partial charge in [0.1, 0.15) is 0 Å². The number of ether oxygens (including phenoxy) is 1. The number of nitrogens with zero attached hydrogens (tertiary/aromatic N) is 1. The lowest BCUT2D eigenvalue weighted by Crippen LogP contribution is -2.27. The van der Waals surface area contributed by atoms with E-state index in [2.05, 4.69) is 16.4 Å². The molecule has 0 unspecified atom stereocenters. The topological polar surface area (TPSA) is 34.1 Å². The van der Waals surface area contributed by atoms with Crippen LogP contribution in [0.3, 0.4) is 0 Å². The maximum Gasteiger partial charge on any atom is 0.0541 e. The number of nitrogens with one attached hydrogen (secondary N) is 1. The molecule has 1 saturated heterocycles. The molecule has 1 aliphatic heterocycles. The third kappa shape index (κ3) is 3.61. The fourth-order valence-electron chi connectivity index (χ4n) is 1.86. The zero-order valence-electron chi connectivity index (χ0n) is 8.98. The molecule has 82 valence electrons. The molecule has 0 spiro atoms. The fraction of sp³-hybridized carbons (Fsp3) is 0.583. The molecule has 0 saturated carbocycles. The molecular formula is C12H18N2O. The Balaban J connectivity index is 1.66. The van der Waals surface area contributed by atoms with Crippen molar-refractivity contribution in [1.29, 1.82) is 0 Å². The van der Waals surface area contributed by atoms with Crippen molar-refractivity contribution in [3.63, 3.8) is 0 Å². The predicted molar refractivity (Wildman–Crippen MR) is 59.5 cm³/mol. The maximum absolute atomic E-state index is 5.32. The minimum atomic E-state index is 0.780. The van der Waals surface area contributed by atoms with Crippen LogP contribution < -0.4 is 5.32 Å². The molecule has 1 N–H and O–H groups in total. The van der Waals surface area contributed by atoms with Crippen LogP contribution in [0.25, 0.3) is 0 Å². The Labute approximate surface area is 90.9 Å². The minimum Gasteiger partial charge on any atom is -0.381 e. The largest absolute Gasteiger partial charge is 0.381 e. The Hall–Kier alpha value is -0.930. The third-order valence-corrected chi connectivity index (χ3v) is 2.81. The Bertz CT molecular complexity index is 270. The third-order valence-electron chi connectivity index (χ3n) is 2.81. The Morgan fingerprint density at radius 1 is 1.33 bits per heavy atom. The summed E-state index contributed by atoms with van der Waals surface area (Å²) in [6.07, 6.45) is 4.22. The molecular weight excluding hydrogens is 188 g/mol. The molecule has 0 aromatic carbocycles. The first kappa shape index (κ1) is 10.6. The van der Waals surface area contributed by atoms with E-state index in [1.807, 2.05) is 18.3 Å². The van der Waals surface area contributed by atoms with Gasteiger partial charge in [-0.05, 0) is 37.4 Å². The van der Waals surface area contributed by atoms with Gasteiger partial charge in [0.15, 0.2) is 0 Å². The van der Waals surface area contributed by atoms with Gasteiger partial charge in [-0.25, -0.2) is 0 Å². The molecule has 1 aromatic rings. The molecule has 0 radical (unpaired) electrons. The highest BCUT2D eigenvalue weighted by Crippen LogP contribution is 2.13. The molecule has 3 heteroatoms. The van der Waals surface area contributed by atoms with Gasteiger partial charge in [0.2, 0.25) is 0 Å². The molecule has 0 amide bonds. The molecule has 2 rings (SSSR count). The van der Waals surface area contributed by atoms with Crippen LogP contribution in [-0.4, -0.2) is 24.7 Å². The van der Waals surface area contributed by atoms with Crippen LogP contribution in [0.2, 0.25) is 0 Å². The van der Waals surface area contributed by atoms with Crippen LogP contribution in [0.15, 0.2) is 24.4 Å². The first-order valence-electron chi connectivity index (χ1n) is 5.63. The molecule has 0 bridgehead atoms. The van der Waals surface area contributed by atoms with E-state index in [1.54, 1.807) is 0 Å². The Morgan fingerprint density at radius 3 is 2.93 bits per heavy atom. The summed E-state index contributed by atoms with van der Waals surface area (Å²) < 4.78 is 5.32. The molecule has 0 atom stereocenters. The fourth-order valence-corrected chi connectivity index (χ4v) is 1.86. The van der Waals surface area contributed by atoms with Gasteiger partial charge in [-0.1, -0.05) is 6.07 Å². The van der Waals surface area contributed by atoms with Gasteiger partial charge in [-0.2, -0.15) is 0 Å². The molecule has 3 nitrogen and oxygen atoms in total. The van der Waals surface area contributed by atoms with Crippen molar-refractivity contribution < 1.29 is 4.74 Å². The normalized spacial score (nSPS) is 17.9. The van der Waals surface area contributed by atoms with Crippen LogP contribution >= 0.6 is 0 Å². The standard InChI is InChI=1S/C12H18N2O/c1-2-6-14-12(3-1)10-13-9-11-4-7-15-8-5-11/h1-3,6,11,13H,4-5,7-10H2. The van der Waals surface area contributed by atoms with Gasteiger partial charge in [0.05, 0.1) is 5.69 Å².